The highest BCUT2D eigenvalue weighted by Gasteiger charge is 2.16. The maximum absolute atomic E-state index is 12.5. The molecule has 0 aliphatic rings. The van der Waals surface area contributed by atoms with Crippen molar-refractivity contribution in [1.29, 1.82) is 0 Å². The lowest BCUT2D eigenvalue weighted by Gasteiger charge is -2.12. The van der Waals surface area contributed by atoms with Crippen LogP contribution in [0.1, 0.15) is 5.56 Å². The number of aliphatic hydroxyl groups is 1. The number of hydrogen-bond acceptors (Lipinski definition) is 6. The van der Waals surface area contributed by atoms with Crippen molar-refractivity contribution in [2.45, 2.75) is 11.8 Å². The number of ether oxygens (including phenoxy) is 2. The molecule has 0 fully saturated rings. The topological polar surface area (TPSA) is 114 Å². The van der Waals surface area contributed by atoms with Crippen LogP contribution in [0.3, 0.4) is 0 Å². The Kier molecular flexibility index (Phi) is 7.03. The van der Waals surface area contributed by atoms with Crippen LogP contribution in [0.4, 0.5) is 5.69 Å². The van der Waals surface area contributed by atoms with Crippen molar-refractivity contribution >= 4 is 21.6 Å². The molecule has 0 saturated heterocycles. The Hall–Kier alpha value is -2.78. The number of carbonyl (C=O) groups is 1. The summed E-state index contributed by atoms with van der Waals surface area (Å²) in [5.74, 6) is 0.650. The van der Waals surface area contributed by atoms with E-state index in [0.717, 1.165) is 0 Å². The number of benzene rings is 2. The lowest BCUT2D eigenvalue weighted by molar-refractivity contribution is -0.123. The number of aliphatic hydroxyl groups excluding tert-OH is 1. The summed E-state index contributed by atoms with van der Waals surface area (Å²) in [6.07, 6.45) is 0. The third-order valence-electron chi connectivity index (χ3n) is 3.59. The van der Waals surface area contributed by atoms with Crippen molar-refractivity contribution in [3.05, 3.63) is 48.0 Å². The van der Waals surface area contributed by atoms with Gasteiger partial charge in [-0.3, -0.25) is 9.52 Å². The van der Waals surface area contributed by atoms with Crippen LogP contribution in [-0.4, -0.2) is 46.3 Å². The predicted octanol–water partition coefficient (Wildman–Crippen LogP) is 1.29. The molecule has 0 spiro atoms. The average Bonchev–Trinajstić information content (AvgIpc) is 2.65. The molecular weight excluding hydrogens is 372 g/mol. The lowest BCUT2D eigenvalue weighted by atomic mass is 10.2. The summed E-state index contributed by atoms with van der Waals surface area (Å²) in [4.78, 5) is 11.6. The molecule has 2 aromatic rings. The van der Waals surface area contributed by atoms with E-state index in [-0.39, 0.29) is 30.6 Å². The summed E-state index contributed by atoms with van der Waals surface area (Å²) < 4.78 is 38.0. The van der Waals surface area contributed by atoms with E-state index < -0.39 is 10.0 Å². The van der Waals surface area contributed by atoms with Crippen LogP contribution in [0.2, 0.25) is 0 Å². The largest absolute Gasteiger partial charge is 0.497 e. The van der Waals surface area contributed by atoms with Gasteiger partial charge in [-0.15, -0.1) is 0 Å². The summed E-state index contributed by atoms with van der Waals surface area (Å²) in [6, 6.07) is 10.9. The molecule has 9 heteroatoms. The minimum atomic E-state index is -3.77. The van der Waals surface area contributed by atoms with Crippen LogP contribution in [0.25, 0.3) is 0 Å². The first-order chi connectivity index (χ1) is 12.9. The molecule has 0 aliphatic heterocycles. The number of nitrogens with one attached hydrogen (secondary N) is 2. The Bertz CT molecular complexity index is 881. The molecule has 0 aliphatic carbocycles. The molecule has 146 valence electrons. The average molecular weight is 394 g/mol. The van der Waals surface area contributed by atoms with Gasteiger partial charge < -0.3 is 19.9 Å². The molecule has 0 bridgehead atoms. The van der Waals surface area contributed by atoms with Gasteiger partial charge in [0.2, 0.25) is 0 Å². The summed E-state index contributed by atoms with van der Waals surface area (Å²) >= 11 is 0. The zero-order valence-corrected chi connectivity index (χ0v) is 15.9. The van der Waals surface area contributed by atoms with Crippen LogP contribution in [0.15, 0.2) is 47.4 Å². The molecule has 1 amide bonds. The molecule has 0 heterocycles. The molecule has 0 aromatic heterocycles. The standard InChI is InChI=1S/C18H22N2O6S/c1-13-11-16(7-8-17(13)26-12-18(22)19-9-10-21)27(23,24)20-14-3-5-15(25-2)6-4-14/h3-8,11,20-21H,9-10,12H2,1-2H3,(H,19,22). The number of aryl methyl sites for hydroxylation is 1. The number of amides is 1. The van der Waals surface area contributed by atoms with Crippen LogP contribution in [0.5, 0.6) is 11.5 Å². The Morgan fingerprint density at radius 2 is 1.85 bits per heavy atom. The molecular formula is C18H22N2O6S. The van der Waals surface area contributed by atoms with Gasteiger partial charge in [-0.25, -0.2) is 8.42 Å². The molecule has 0 unspecified atom stereocenters. The smallest absolute Gasteiger partial charge is 0.261 e. The van der Waals surface area contributed by atoms with Crippen molar-refractivity contribution in [2.24, 2.45) is 0 Å². The number of hydrogen-bond donors (Lipinski definition) is 3. The first kappa shape index (κ1) is 20.5. The first-order valence-electron chi connectivity index (χ1n) is 8.13. The second-order valence-corrected chi connectivity index (χ2v) is 7.31. The number of anilines is 1. The summed E-state index contributed by atoms with van der Waals surface area (Å²) in [6.45, 7) is 1.46. The van der Waals surface area contributed by atoms with Crippen molar-refractivity contribution < 1.29 is 27.8 Å². The highest BCUT2D eigenvalue weighted by atomic mass is 32.2. The van der Waals surface area contributed by atoms with E-state index in [0.29, 0.717) is 22.7 Å². The fraction of sp³-hybridized carbons (Fsp3) is 0.278. The highest BCUT2D eigenvalue weighted by molar-refractivity contribution is 7.92. The zero-order chi connectivity index (χ0) is 19.9. The number of sulfonamides is 1. The van der Waals surface area contributed by atoms with E-state index >= 15 is 0 Å². The van der Waals surface area contributed by atoms with E-state index in [1.165, 1.54) is 25.3 Å². The molecule has 0 atom stereocenters. The van der Waals surface area contributed by atoms with Crippen molar-refractivity contribution in [3.63, 3.8) is 0 Å². The maximum atomic E-state index is 12.5. The molecule has 8 nitrogen and oxygen atoms in total. The quantitative estimate of drug-likeness (QED) is 0.591. The van der Waals surface area contributed by atoms with Gasteiger partial charge in [0.1, 0.15) is 11.5 Å². The summed E-state index contributed by atoms with van der Waals surface area (Å²) in [5.41, 5.74) is 0.983. The number of rotatable bonds is 9. The van der Waals surface area contributed by atoms with Crippen LogP contribution < -0.4 is 19.5 Å². The minimum Gasteiger partial charge on any atom is -0.497 e. The Labute approximate surface area is 158 Å². The van der Waals surface area contributed by atoms with Crippen LogP contribution in [0, 0.1) is 6.92 Å². The first-order valence-corrected chi connectivity index (χ1v) is 9.62. The zero-order valence-electron chi connectivity index (χ0n) is 15.1. The van der Waals surface area contributed by atoms with Crippen LogP contribution >= 0.6 is 0 Å². The van der Waals surface area contributed by atoms with E-state index in [4.69, 9.17) is 14.6 Å². The molecule has 2 aromatic carbocycles. The fourth-order valence-corrected chi connectivity index (χ4v) is 3.36. The number of methoxy groups -OCH3 is 1. The predicted molar refractivity (Wildman–Crippen MR) is 101 cm³/mol. The number of carbonyl (C=O) groups excluding carboxylic acids is 1. The maximum Gasteiger partial charge on any atom is 0.261 e. The normalized spacial score (nSPS) is 10.9. The van der Waals surface area contributed by atoms with E-state index in [1.807, 2.05) is 0 Å². The van der Waals surface area contributed by atoms with Crippen molar-refractivity contribution in [3.8, 4) is 11.5 Å². The molecule has 0 saturated carbocycles. The van der Waals surface area contributed by atoms with E-state index in [2.05, 4.69) is 10.0 Å². The van der Waals surface area contributed by atoms with Gasteiger partial charge in [-0.2, -0.15) is 0 Å². The van der Waals surface area contributed by atoms with Gasteiger partial charge in [0.25, 0.3) is 15.9 Å². The van der Waals surface area contributed by atoms with Crippen molar-refractivity contribution in [1.82, 2.24) is 5.32 Å². The fourth-order valence-electron chi connectivity index (χ4n) is 2.21. The van der Waals surface area contributed by atoms with E-state index in [1.54, 1.807) is 31.2 Å². The Morgan fingerprint density at radius 1 is 1.15 bits per heavy atom. The third-order valence-corrected chi connectivity index (χ3v) is 4.97. The molecule has 2 rings (SSSR count). The van der Waals surface area contributed by atoms with Gasteiger partial charge in [0, 0.05) is 12.2 Å². The second-order valence-electron chi connectivity index (χ2n) is 5.62. The van der Waals surface area contributed by atoms with Crippen molar-refractivity contribution in [2.75, 3.05) is 31.6 Å². The van der Waals surface area contributed by atoms with Gasteiger partial charge in [0.15, 0.2) is 6.61 Å². The molecule has 27 heavy (non-hydrogen) atoms. The summed E-state index contributed by atoms with van der Waals surface area (Å²) in [5, 5.41) is 11.1. The Morgan fingerprint density at radius 3 is 2.44 bits per heavy atom. The monoisotopic (exact) mass is 394 g/mol. The van der Waals surface area contributed by atoms with Gasteiger partial charge in [0.05, 0.1) is 18.6 Å². The SMILES string of the molecule is COc1ccc(NS(=O)(=O)c2ccc(OCC(=O)NCCO)c(C)c2)cc1. The lowest BCUT2D eigenvalue weighted by Crippen LogP contribution is -2.31. The molecule has 3 N–H and O–H groups in total. The molecule has 0 radical (unpaired) electrons. The second kappa shape index (κ2) is 9.24. The Balaban J connectivity index is 2.07. The van der Waals surface area contributed by atoms with Gasteiger partial charge >= 0.3 is 0 Å². The van der Waals surface area contributed by atoms with E-state index in [9.17, 15) is 13.2 Å². The third kappa shape index (κ3) is 5.87. The van der Waals surface area contributed by atoms with Gasteiger partial charge in [-0.1, -0.05) is 0 Å². The summed E-state index contributed by atoms with van der Waals surface area (Å²) in [7, 11) is -2.24. The van der Waals surface area contributed by atoms with Crippen LogP contribution in [-0.2, 0) is 14.8 Å². The highest BCUT2D eigenvalue weighted by Crippen LogP contribution is 2.24. The minimum absolute atomic E-state index is 0.0768. The van der Waals surface area contributed by atoms with Gasteiger partial charge in [-0.05, 0) is 55.0 Å².